The standard InChI is InChI=1S/C18H23ClN4O/c1-13(23-10-7-20-14(23)2)11-18(24)21-15-5-6-17(16(19)12-15)22-8-3-4-9-22/h5-7,10,12-13H,3-4,8-9,11H2,1-2H3,(H,21,24). The zero-order chi connectivity index (χ0) is 17.1. The number of nitrogens with one attached hydrogen (secondary N) is 1. The van der Waals surface area contributed by atoms with Crippen molar-refractivity contribution in [2.45, 2.75) is 39.2 Å². The summed E-state index contributed by atoms with van der Waals surface area (Å²) in [6.45, 7) is 6.05. The van der Waals surface area contributed by atoms with Crippen LogP contribution < -0.4 is 10.2 Å². The number of hydrogen-bond donors (Lipinski definition) is 1. The summed E-state index contributed by atoms with van der Waals surface area (Å²) >= 11 is 6.40. The first-order valence-corrected chi connectivity index (χ1v) is 8.76. The number of hydrogen-bond acceptors (Lipinski definition) is 3. The van der Waals surface area contributed by atoms with Crippen LogP contribution in [0.4, 0.5) is 11.4 Å². The molecular weight excluding hydrogens is 324 g/mol. The molecule has 6 heteroatoms. The molecule has 5 nitrogen and oxygen atoms in total. The van der Waals surface area contributed by atoms with E-state index in [-0.39, 0.29) is 11.9 Å². The van der Waals surface area contributed by atoms with Crippen molar-refractivity contribution in [3.63, 3.8) is 0 Å². The van der Waals surface area contributed by atoms with Gasteiger partial charge in [-0.1, -0.05) is 11.6 Å². The minimum atomic E-state index is -0.0272. The number of nitrogens with zero attached hydrogens (tertiary/aromatic N) is 3. The van der Waals surface area contributed by atoms with Gasteiger partial charge in [-0.25, -0.2) is 4.98 Å². The van der Waals surface area contributed by atoms with Crippen molar-refractivity contribution < 1.29 is 4.79 Å². The van der Waals surface area contributed by atoms with E-state index in [2.05, 4.69) is 15.2 Å². The number of halogens is 1. The van der Waals surface area contributed by atoms with Crippen LogP contribution in [-0.2, 0) is 4.79 Å². The molecule has 2 heterocycles. The molecule has 1 aromatic carbocycles. The van der Waals surface area contributed by atoms with Gasteiger partial charge in [-0.15, -0.1) is 0 Å². The summed E-state index contributed by atoms with van der Waals surface area (Å²) in [6, 6.07) is 5.81. The van der Waals surface area contributed by atoms with E-state index in [0.29, 0.717) is 11.4 Å². The fraction of sp³-hybridized carbons (Fsp3) is 0.444. The smallest absolute Gasteiger partial charge is 0.226 e. The third kappa shape index (κ3) is 3.73. The molecule has 0 bridgehead atoms. The highest BCUT2D eigenvalue weighted by molar-refractivity contribution is 6.33. The molecule has 0 spiro atoms. The fourth-order valence-corrected chi connectivity index (χ4v) is 3.53. The second kappa shape index (κ2) is 7.26. The molecule has 1 aromatic heterocycles. The molecule has 2 aromatic rings. The van der Waals surface area contributed by atoms with E-state index in [4.69, 9.17) is 11.6 Å². The van der Waals surface area contributed by atoms with E-state index < -0.39 is 0 Å². The molecule has 3 rings (SSSR count). The molecule has 1 atom stereocenters. The number of anilines is 2. The highest BCUT2D eigenvalue weighted by atomic mass is 35.5. The van der Waals surface area contributed by atoms with E-state index >= 15 is 0 Å². The van der Waals surface area contributed by atoms with Gasteiger partial charge in [0.15, 0.2) is 0 Å². The van der Waals surface area contributed by atoms with Gasteiger partial charge in [0.1, 0.15) is 5.82 Å². The Balaban J connectivity index is 1.62. The molecule has 0 aliphatic carbocycles. The van der Waals surface area contributed by atoms with Crippen molar-refractivity contribution in [1.82, 2.24) is 9.55 Å². The Bertz CT molecular complexity index is 722. The monoisotopic (exact) mass is 346 g/mol. The van der Waals surface area contributed by atoms with E-state index in [1.165, 1.54) is 12.8 Å². The number of carbonyl (C=O) groups is 1. The van der Waals surface area contributed by atoms with Crippen LogP contribution in [0, 0.1) is 6.92 Å². The second-order valence-electron chi connectivity index (χ2n) is 6.34. The van der Waals surface area contributed by atoms with Gasteiger partial charge in [-0.05, 0) is 44.9 Å². The molecule has 1 unspecified atom stereocenters. The Kier molecular flexibility index (Phi) is 5.09. The highest BCUT2D eigenvalue weighted by Gasteiger charge is 2.16. The molecular formula is C18H23ClN4O. The number of carbonyl (C=O) groups excluding carboxylic acids is 1. The first kappa shape index (κ1) is 16.8. The number of aromatic nitrogens is 2. The van der Waals surface area contributed by atoms with E-state index in [1.54, 1.807) is 6.20 Å². The lowest BCUT2D eigenvalue weighted by atomic mass is 10.2. The minimum absolute atomic E-state index is 0.0272. The Morgan fingerprint density at radius 3 is 2.75 bits per heavy atom. The molecule has 1 aliphatic rings. The Morgan fingerprint density at radius 2 is 2.12 bits per heavy atom. The van der Waals surface area contributed by atoms with Gasteiger partial charge in [0.05, 0.1) is 10.7 Å². The summed E-state index contributed by atoms with van der Waals surface area (Å²) < 4.78 is 2.00. The SMILES string of the molecule is Cc1nccn1C(C)CC(=O)Nc1ccc(N2CCCC2)c(Cl)c1. The summed E-state index contributed by atoms with van der Waals surface area (Å²) in [6.07, 6.45) is 6.46. The minimum Gasteiger partial charge on any atom is -0.370 e. The van der Waals surface area contributed by atoms with Crippen LogP contribution in [0.2, 0.25) is 5.02 Å². The summed E-state index contributed by atoms with van der Waals surface area (Å²) in [7, 11) is 0. The van der Waals surface area contributed by atoms with Crippen LogP contribution in [0.5, 0.6) is 0 Å². The first-order chi connectivity index (χ1) is 11.5. The largest absolute Gasteiger partial charge is 0.370 e. The van der Waals surface area contributed by atoms with Gasteiger partial charge in [-0.3, -0.25) is 4.79 Å². The molecule has 1 fully saturated rings. The predicted octanol–water partition coefficient (Wildman–Crippen LogP) is 4.03. The van der Waals surface area contributed by atoms with Gasteiger partial charge in [0.2, 0.25) is 5.91 Å². The van der Waals surface area contributed by atoms with Crippen molar-refractivity contribution in [2.75, 3.05) is 23.3 Å². The maximum absolute atomic E-state index is 12.3. The zero-order valence-corrected chi connectivity index (χ0v) is 14.9. The summed E-state index contributed by atoms with van der Waals surface area (Å²) in [4.78, 5) is 18.8. The first-order valence-electron chi connectivity index (χ1n) is 8.38. The Morgan fingerprint density at radius 1 is 1.38 bits per heavy atom. The molecule has 1 N–H and O–H groups in total. The van der Waals surface area contributed by atoms with Gasteiger partial charge in [0, 0.05) is 43.6 Å². The summed E-state index contributed by atoms with van der Waals surface area (Å²) in [5.41, 5.74) is 1.79. The predicted molar refractivity (Wildman–Crippen MR) is 97.8 cm³/mol. The molecule has 24 heavy (non-hydrogen) atoms. The third-order valence-corrected chi connectivity index (χ3v) is 4.80. The van der Waals surface area contributed by atoms with Crippen LogP contribution >= 0.6 is 11.6 Å². The van der Waals surface area contributed by atoms with Crippen LogP contribution in [-0.4, -0.2) is 28.5 Å². The molecule has 128 valence electrons. The number of aryl methyl sites for hydroxylation is 1. The van der Waals surface area contributed by atoms with Crippen molar-refractivity contribution in [3.8, 4) is 0 Å². The average Bonchev–Trinajstić information content (AvgIpc) is 3.18. The van der Waals surface area contributed by atoms with Crippen LogP contribution in [0.15, 0.2) is 30.6 Å². The Labute approximate surface area is 147 Å². The molecule has 1 aliphatic heterocycles. The molecule has 1 amide bonds. The van der Waals surface area contributed by atoms with Gasteiger partial charge < -0.3 is 14.8 Å². The number of benzene rings is 1. The Hall–Kier alpha value is -2.01. The van der Waals surface area contributed by atoms with Crippen molar-refractivity contribution >= 4 is 28.9 Å². The van der Waals surface area contributed by atoms with E-state index in [9.17, 15) is 4.79 Å². The average molecular weight is 347 g/mol. The van der Waals surface area contributed by atoms with E-state index in [1.807, 2.05) is 42.8 Å². The highest BCUT2D eigenvalue weighted by Crippen LogP contribution is 2.31. The molecule has 0 saturated carbocycles. The number of imidazole rings is 1. The second-order valence-corrected chi connectivity index (χ2v) is 6.75. The quantitative estimate of drug-likeness (QED) is 0.889. The van der Waals surface area contributed by atoms with Gasteiger partial charge in [0.25, 0.3) is 0 Å². The topological polar surface area (TPSA) is 50.2 Å². The lowest BCUT2D eigenvalue weighted by Gasteiger charge is -2.20. The maximum Gasteiger partial charge on any atom is 0.226 e. The van der Waals surface area contributed by atoms with Gasteiger partial charge >= 0.3 is 0 Å². The van der Waals surface area contributed by atoms with Crippen LogP contribution in [0.3, 0.4) is 0 Å². The fourth-order valence-electron chi connectivity index (χ4n) is 3.23. The summed E-state index contributed by atoms with van der Waals surface area (Å²) in [5.74, 6) is 0.883. The lowest BCUT2D eigenvalue weighted by molar-refractivity contribution is -0.116. The van der Waals surface area contributed by atoms with E-state index in [0.717, 1.165) is 30.3 Å². The maximum atomic E-state index is 12.3. The van der Waals surface area contributed by atoms with Crippen molar-refractivity contribution in [3.05, 3.63) is 41.4 Å². The van der Waals surface area contributed by atoms with Gasteiger partial charge in [-0.2, -0.15) is 0 Å². The lowest BCUT2D eigenvalue weighted by Crippen LogP contribution is -2.19. The molecule has 0 radical (unpaired) electrons. The third-order valence-electron chi connectivity index (χ3n) is 4.50. The zero-order valence-electron chi connectivity index (χ0n) is 14.1. The number of rotatable bonds is 5. The van der Waals surface area contributed by atoms with Crippen molar-refractivity contribution in [2.24, 2.45) is 0 Å². The van der Waals surface area contributed by atoms with Crippen LogP contribution in [0.1, 0.15) is 38.1 Å². The summed E-state index contributed by atoms with van der Waals surface area (Å²) in [5, 5.41) is 3.63. The number of amides is 1. The normalized spacial score (nSPS) is 15.5. The van der Waals surface area contributed by atoms with Crippen LogP contribution in [0.25, 0.3) is 0 Å². The van der Waals surface area contributed by atoms with Crippen molar-refractivity contribution in [1.29, 1.82) is 0 Å². The molecule has 1 saturated heterocycles.